The number of carbonyl (C=O) groups excluding carboxylic acids is 1. The summed E-state index contributed by atoms with van der Waals surface area (Å²) in [6.45, 7) is 1.61. The fourth-order valence-electron chi connectivity index (χ4n) is 3.71. The molecule has 0 fully saturated rings. The van der Waals surface area contributed by atoms with Crippen molar-refractivity contribution in [2.24, 2.45) is 7.05 Å². The molecule has 5 nitrogen and oxygen atoms in total. The van der Waals surface area contributed by atoms with E-state index in [1.54, 1.807) is 19.2 Å². The monoisotopic (exact) mass is 347 g/mol. The van der Waals surface area contributed by atoms with Gasteiger partial charge >= 0.3 is 0 Å². The first-order valence-electron chi connectivity index (χ1n) is 8.70. The van der Waals surface area contributed by atoms with E-state index in [1.165, 1.54) is 10.1 Å². The number of amides is 1. The first kappa shape index (κ1) is 16.5. The lowest BCUT2D eigenvalue weighted by Crippen LogP contribution is -2.41. The zero-order valence-corrected chi connectivity index (χ0v) is 14.9. The summed E-state index contributed by atoms with van der Waals surface area (Å²) in [5.41, 5.74) is 2.58. The van der Waals surface area contributed by atoms with Crippen molar-refractivity contribution in [2.45, 2.75) is 12.6 Å². The lowest BCUT2D eigenvalue weighted by atomic mass is 9.95. The topological polar surface area (TPSA) is 54.3 Å². The van der Waals surface area contributed by atoms with Crippen LogP contribution >= 0.6 is 0 Å². The van der Waals surface area contributed by atoms with Crippen LogP contribution in [0.25, 0.3) is 10.8 Å². The van der Waals surface area contributed by atoms with Gasteiger partial charge in [-0.25, -0.2) is 0 Å². The maximum atomic E-state index is 13.0. The highest BCUT2D eigenvalue weighted by Crippen LogP contribution is 2.25. The standard InChI is InChI=1S/C21H21N3O2/c1-23-12-15-8-4-5-9-16(15)18(13-23)22-20(25)19-11-14-7-3-6-10-17(14)21(26)24(19)2/h3-11,18H,12-13H2,1-2H3,(H,22,25). The van der Waals surface area contributed by atoms with Crippen molar-refractivity contribution in [3.63, 3.8) is 0 Å². The average Bonchev–Trinajstić information content (AvgIpc) is 2.64. The predicted octanol–water partition coefficient (Wildman–Crippen LogP) is 2.46. The van der Waals surface area contributed by atoms with Crippen LogP contribution in [0.4, 0.5) is 0 Å². The molecule has 0 saturated heterocycles. The Morgan fingerprint density at radius 3 is 2.65 bits per heavy atom. The van der Waals surface area contributed by atoms with Crippen molar-refractivity contribution >= 4 is 16.7 Å². The van der Waals surface area contributed by atoms with Crippen LogP contribution in [0.1, 0.15) is 27.7 Å². The third-order valence-electron chi connectivity index (χ3n) is 5.05. The van der Waals surface area contributed by atoms with Gasteiger partial charge in [0.15, 0.2) is 0 Å². The summed E-state index contributed by atoms with van der Waals surface area (Å²) < 4.78 is 1.43. The zero-order chi connectivity index (χ0) is 18.3. The number of likely N-dealkylation sites (N-methyl/N-ethyl adjacent to an activating group) is 1. The molecule has 0 aliphatic carbocycles. The fraction of sp³-hybridized carbons (Fsp3) is 0.238. The Kier molecular flexibility index (Phi) is 4.09. The van der Waals surface area contributed by atoms with E-state index in [-0.39, 0.29) is 17.5 Å². The summed E-state index contributed by atoms with van der Waals surface area (Å²) in [6.07, 6.45) is 0. The molecule has 0 saturated carbocycles. The SMILES string of the molecule is CN1Cc2ccccc2C(NC(=O)c2cc3ccccc3c(=O)n2C)C1. The molecule has 1 unspecified atom stereocenters. The van der Waals surface area contributed by atoms with E-state index in [9.17, 15) is 9.59 Å². The second kappa shape index (κ2) is 6.42. The first-order valence-corrected chi connectivity index (χ1v) is 8.70. The van der Waals surface area contributed by atoms with E-state index in [4.69, 9.17) is 0 Å². The number of pyridine rings is 1. The Labute approximate surface area is 151 Å². The Hall–Kier alpha value is -2.92. The van der Waals surface area contributed by atoms with Crippen LogP contribution in [0.3, 0.4) is 0 Å². The molecule has 5 heteroatoms. The van der Waals surface area contributed by atoms with Crippen LogP contribution in [0.2, 0.25) is 0 Å². The van der Waals surface area contributed by atoms with Gasteiger partial charge in [-0.1, -0.05) is 42.5 Å². The van der Waals surface area contributed by atoms with E-state index in [2.05, 4.69) is 22.3 Å². The highest BCUT2D eigenvalue weighted by atomic mass is 16.2. The van der Waals surface area contributed by atoms with Crippen molar-refractivity contribution in [1.82, 2.24) is 14.8 Å². The first-order chi connectivity index (χ1) is 12.5. The van der Waals surface area contributed by atoms with E-state index in [1.807, 2.05) is 37.4 Å². The molecule has 1 N–H and O–H groups in total. The normalized spacial score (nSPS) is 17.1. The molecule has 1 aromatic heterocycles. The number of benzene rings is 2. The van der Waals surface area contributed by atoms with Crippen molar-refractivity contribution in [2.75, 3.05) is 13.6 Å². The Balaban J connectivity index is 1.71. The molecule has 26 heavy (non-hydrogen) atoms. The molecule has 0 spiro atoms. The highest BCUT2D eigenvalue weighted by molar-refractivity contribution is 5.96. The molecule has 3 aromatic rings. The number of nitrogens with zero attached hydrogens (tertiary/aromatic N) is 2. The van der Waals surface area contributed by atoms with Gasteiger partial charge in [-0.2, -0.15) is 0 Å². The molecular weight excluding hydrogens is 326 g/mol. The minimum absolute atomic E-state index is 0.0981. The summed E-state index contributed by atoms with van der Waals surface area (Å²) in [5, 5.41) is 4.51. The second-order valence-corrected chi connectivity index (χ2v) is 6.90. The highest BCUT2D eigenvalue weighted by Gasteiger charge is 2.25. The molecule has 1 aliphatic rings. The van der Waals surface area contributed by atoms with Crippen LogP contribution in [0.15, 0.2) is 59.4 Å². The molecule has 2 aromatic carbocycles. The van der Waals surface area contributed by atoms with E-state index >= 15 is 0 Å². The van der Waals surface area contributed by atoms with E-state index in [0.717, 1.165) is 24.0 Å². The lowest BCUT2D eigenvalue weighted by molar-refractivity contribution is 0.0912. The van der Waals surface area contributed by atoms with Crippen LogP contribution < -0.4 is 10.9 Å². The molecule has 1 atom stereocenters. The molecular formula is C21H21N3O2. The maximum Gasteiger partial charge on any atom is 0.268 e. The molecule has 2 heterocycles. The third-order valence-corrected chi connectivity index (χ3v) is 5.05. The van der Waals surface area contributed by atoms with Gasteiger partial charge in [-0.05, 0) is 35.7 Å². The van der Waals surface area contributed by atoms with E-state index in [0.29, 0.717) is 11.1 Å². The van der Waals surface area contributed by atoms with Crippen molar-refractivity contribution in [3.05, 3.63) is 81.8 Å². The number of aromatic nitrogens is 1. The lowest BCUT2D eigenvalue weighted by Gasteiger charge is -2.32. The van der Waals surface area contributed by atoms with Gasteiger partial charge in [0.05, 0.1) is 6.04 Å². The summed E-state index contributed by atoms with van der Waals surface area (Å²) in [7, 11) is 3.69. The fourth-order valence-corrected chi connectivity index (χ4v) is 3.71. The number of hydrogen-bond donors (Lipinski definition) is 1. The molecule has 4 rings (SSSR count). The van der Waals surface area contributed by atoms with Crippen LogP contribution in [-0.4, -0.2) is 29.0 Å². The van der Waals surface area contributed by atoms with Gasteiger partial charge in [0.1, 0.15) is 5.69 Å². The van der Waals surface area contributed by atoms with Crippen molar-refractivity contribution in [1.29, 1.82) is 0 Å². The predicted molar refractivity (Wildman–Crippen MR) is 102 cm³/mol. The van der Waals surface area contributed by atoms with E-state index < -0.39 is 0 Å². The summed E-state index contributed by atoms with van der Waals surface area (Å²) in [4.78, 5) is 27.7. The summed E-state index contributed by atoms with van der Waals surface area (Å²) in [5.74, 6) is -0.231. The molecule has 1 amide bonds. The Morgan fingerprint density at radius 2 is 1.81 bits per heavy atom. The van der Waals surface area contributed by atoms with Gasteiger partial charge < -0.3 is 9.88 Å². The smallest absolute Gasteiger partial charge is 0.268 e. The van der Waals surface area contributed by atoms with Gasteiger partial charge in [-0.3, -0.25) is 14.5 Å². The van der Waals surface area contributed by atoms with Gasteiger partial charge in [-0.15, -0.1) is 0 Å². The van der Waals surface area contributed by atoms with Crippen LogP contribution in [-0.2, 0) is 13.6 Å². The number of rotatable bonds is 2. The molecule has 1 aliphatic heterocycles. The second-order valence-electron chi connectivity index (χ2n) is 6.90. The van der Waals surface area contributed by atoms with Gasteiger partial charge in [0.25, 0.3) is 11.5 Å². The molecule has 0 radical (unpaired) electrons. The molecule has 132 valence electrons. The Morgan fingerprint density at radius 1 is 1.08 bits per heavy atom. The number of hydrogen-bond acceptors (Lipinski definition) is 3. The van der Waals surface area contributed by atoms with Crippen LogP contribution in [0.5, 0.6) is 0 Å². The van der Waals surface area contributed by atoms with Crippen LogP contribution in [0, 0.1) is 0 Å². The minimum atomic E-state index is -0.231. The van der Waals surface area contributed by atoms with Crippen molar-refractivity contribution in [3.8, 4) is 0 Å². The maximum absolute atomic E-state index is 13.0. The molecule has 0 bridgehead atoms. The summed E-state index contributed by atoms with van der Waals surface area (Å²) in [6, 6.07) is 17.2. The number of nitrogens with one attached hydrogen (secondary N) is 1. The quantitative estimate of drug-likeness (QED) is 0.775. The largest absolute Gasteiger partial charge is 0.343 e. The number of carbonyl (C=O) groups is 1. The number of fused-ring (bicyclic) bond motifs is 2. The van der Waals surface area contributed by atoms with Gasteiger partial charge in [0, 0.05) is 25.5 Å². The minimum Gasteiger partial charge on any atom is -0.343 e. The van der Waals surface area contributed by atoms with Gasteiger partial charge in [0.2, 0.25) is 0 Å². The van der Waals surface area contributed by atoms with Crippen molar-refractivity contribution < 1.29 is 4.79 Å². The zero-order valence-electron chi connectivity index (χ0n) is 14.9. The third kappa shape index (κ3) is 2.80. The summed E-state index contributed by atoms with van der Waals surface area (Å²) >= 11 is 0. The average molecular weight is 347 g/mol. The Bertz CT molecular complexity index is 1050.